The fraction of sp³-hybridized carbons (Fsp3) is 0.808. The van der Waals surface area contributed by atoms with Crippen LogP contribution in [0.15, 0.2) is 12.4 Å². The molecule has 2 unspecified atom stereocenters. The number of aromatic nitrogens is 2. The molecular weight excluding hydrogens is 402 g/mol. The Morgan fingerprint density at radius 1 is 1.25 bits per heavy atom. The van der Waals surface area contributed by atoms with Gasteiger partial charge >= 0.3 is 0 Å². The number of ketones is 1. The largest absolute Gasteiger partial charge is 0.390 e. The highest BCUT2D eigenvalue weighted by Crippen LogP contribution is 2.70. The van der Waals surface area contributed by atoms with Gasteiger partial charge < -0.3 is 9.84 Å². The zero-order valence-corrected chi connectivity index (χ0v) is 19.3. The smallest absolute Gasteiger partial charge is 0.157 e. The monoisotopic (exact) mass is 437 g/mol. The number of nitrogens with zero attached hydrogens (tertiary/aromatic N) is 3. The predicted molar refractivity (Wildman–Crippen MR) is 117 cm³/mol. The minimum absolute atomic E-state index is 0.0620. The third-order valence-corrected chi connectivity index (χ3v) is 10.7. The lowest BCUT2D eigenvalue weighted by atomic mass is 9.44. The van der Waals surface area contributed by atoms with Crippen molar-refractivity contribution in [1.82, 2.24) is 9.78 Å². The molecule has 32 heavy (non-hydrogen) atoms. The van der Waals surface area contributed by atoms with Gasteiger partial charge in [-0.15, -0.1) is 0 Å². The standard InChI is InChI=1S/C26H35N3O3/c1-24(31)7-8-26-15-32-23(21(26)10-24)9-17-18-3-4-20(25(18,2)6-5-19(17)26)22(30)14-29-13-16(11-27)12-28-29/h12-13,17-21,23,31H,3-10,14-15H2,1-2H3/t17-,18-,19?,20+,21?,23+,24+,25-,26-/m0/s1. The van der Waals surface area contributed by atoms with Crippen LogP contribution < -0.4 is 0 Å². The first-order valence-electron chi connectivity index (χ1n) is 12.5. The van der Waals surface area contributed by atoms with Gasteiger partial charge in [0.25, 0.3) is 0 Å². The lowest BCUT2D eigenvalue weighted by Gasteiger charge is -2.60. The molecule has 6 rings (SSSR count). The van der Waals surface area contributed by atoms with E-state index >= 15 is 0 Å². The molecule has 6 nitrogen and oxygen atoms in total. The molecule has 9 atom stereocenters. The van der Waals surface area contributed by atoms with E-state index in [2.05, 4.69) is 18.1 Å². The van der Waals surface area contributed by atoms with E-state index in [-0.39, 0.29) is 35.2 Å². The molecule has 0 radical (unpaired) electrons. The Morgan fingerprint density at radius 3 is 2.88 bits per heavy atom. The molecule has 1 N–H and O–H groups in total. The summed E-state index contributed by atoms with van der Waals surface area (Å²) in [6.07, 6.45) is 11.9. The van der Waals surface area contributed by atoms with Gasteiger partial charge in [0.05, 0.1) is 36.6 Å². The number of aliphatic hydroxyl groups is 1. The number of carbonyl (C=O) groups is 1. The van der Waals surface area contributed by atoms with Gasteiger partial charge in [0.15, 0.2) is 5.78 Å². The fourth-order valence-corrected chi connectivity index (χ4v) is 9.23. The summed E-state index contributed by atoms with van der Waals surface area (Å²) < 4.78 is 8.07. The zero-order chi connectivity index (χ0) is 22.3. The van der Waals surface area contributed by atoms with Crippen LogP contribution in [-0.4, -0.2) is 39.0 Å². The van der Waals surface area contributed by atoms with Gasteiger partial charge in [0.2, 0.25) is 0 Å². The van der Waals surface area contributed by atoms with Gasteiger partial charge in [-0.1, -0.05) is 6.92 Å². The van der Waals surface area contributed by atoms with Crippen molar-refractivity contribution < 1.29 is 14.6 Å². The van der Waals surface area contributed by atoms with E-state index in [0.29, 0.717) is 29.2 Å². The van der Waals surface area contributed by atoms with E-state index in [4.69, 9.17) is 10.00 Å². The highest BCUT2D eigenvalue weighted by atomic mass is 16.5. The van der Waals surface area contributed by atoms with Gasteiger partial charge in [0.1, 0.15) is 6.07 Å². The second-order valence-corrected chi connectivity index (χ2v) is 12.2. The third kappa shape index (κ3) is 2.83. The van der Waals surface area contributed by atoms with Crippen molar-refractivity contribution in [2.45, 2.75) is 83.5 Å². The summed E-state index contributed by atoms with van der Waals surface area (Å²) in [6.45, 7) is 5.54. The average Bonchev–Trinajstić information content (AvgIpc) is 3.41. The number of carbonyl (C=O) groups excluding carboxylic acids is 1. The number of Topliss-reactive ketones (excluding diaryl/α,β-unsaturated/α-hetero) is 1. The Morgan fingerprint density at radius 2 is 2.09 bits per heavy atom. The number of nitriles is 1. The number of rotatable bonds is 3. The Kier molecular flexibility index (Phi) is 4.50. The second kappa shape index (κ2) is 6.90. The summed E-state index contributed by atoms with van der Waals surface area (Å²) >= 11 is 0. The maximum atomic E-state index is 13.4. The molecule has 172 valence electrons. The van der Waals surface area contributed by atoms with E-state index in [0.717, 1.165) is 51.6 Å². The van der Waals surface area contributed by atoms with Crippen molar-refractivity contribution in [2.24, 2.45) is 40.4 Å². The van der Waals surface area contributed by atoms with E-state index in [9.17, 15) is 9.90 Å². The average molecular weight is 438 g/mol. The van der Waals surface area contributed by atoms with Crippen molar-refractivity contribution in [3.63, 3.8) is 0 Å². The summed E-state index contributed by atoms with van der Waals surface area (Å²) in [6, 6.07) is 2.09. The molecule has 1 aliphatic heterocycles. The van der Waals surface area contributed by atoms with E-state index in [1.54, 1.807) is 10.9 Å². The maximum absolute atomic E-state index is 13.4. The van der Waals surface area contributed by atoms with E-state index < -0.39 is 5.60 Å². The Balaban J connectivity index is 1.24. The molecule has 1 aromatic rings. The van der Waals surface area contributed by atoms with Crippen molar-refractivity contribution in [3.05, 3.63) is 18.0 Å². The number of fused-ring (bicyclic) bond motifs is 3. The van der Waals surface area contributed by atoms with E-state index in [1.807, 2.05) is 6.92 Å². The second-order valence-electron chi connectivity index (χ2n) is 12.2. The summed E-state index contributed by atoms with van der Waals surface area (Å²) in [4.78, 5) is 13.4. The molecule has 2 bridgehead atoms. The van der Waals surface area contributed by atoms with Crippen LogP contribution >= 0.6 is 0 Å². The van der Waals surface area contributed by atoms with Gasteiger partial charge in [-0.3, -0.25) is 9.48 Å². The molecule has 0 spiro atoms. The highest BCUT2D eigenvalue weighted by Gasteiger charge is 2.67. The third-order valence-electron chi connectivity index (χ3n) is 10.7. The predicted octanol–water partition coefficient (Wildman–Crippen LogP) is 3.72. The van der Waals surface area contributed by atoms with Crippen LogP contribution in [0.2, 0.25) is 0 Å². The maximum Gasteiger partial charge on any atom is 0.157 e. The molecular formula is C26H35N3O3. The summed E-state index contributed by atoms with van der Waals surface area (Å²) in [7, 11) is 0. The van der Waals surface area contributed by atoms with Crippen LogP contribution in [0, 0.1) is 51.8 Å². The molecule has 6 heteroatoms. The first-order valence-corrected chi connectivity index (χ1v) is 12.5. The highest BCUT2D eigenvalue weighted by molar-refractivity contribution is 5.82. The first kappa shape index (κ1) is 20.9. The summed E-state index contributed by atoms with van der Waals surface area (Å²) in [5, 5.41) is 24.0. The van der Waals surface area contributed by atoms with Crippen molar-refractivity contribution in [1.29, 1.82) is 5.26 Å². The molecule has 0 aromatic carbocycles. The summed E-state index contributed by atoms with van der Waals surface area (Å²) in [5.41, 5.74) is 0.278. The Hall–Kier alpha value is -1.71. The molecule has 0 amide bonds. The molecule has 5 fully saturated rings. The van der Waals surface area contributed by atoms with Crippen molar-refractivity contribution >= 4 is 5.78 Å². The first-order chi connectivity index (χ1) is 15.3. The Bertz CT molecular complexity index is 979. The van der Waals surface area contributed by atoms with Gasteiger partial charge in [-0.25, -0.2) is 0 Å². The molecule has 1 aromatic heterocycles. The number of hydrogen-bond acceptors (Lipinski definition) is 5. The lowest BCUT2D eigenvalue weighted by molar-refractivity contribution is -0.145. The van der Waals surface area contributed by atoms with Crippen molar-refractivity contribution in [2.75, 3.05) is 6.61 Å². The molecule has 4 saturated carbocycles. The quantitative estimate of drug-likeness (QED) is 0.779. The van der Waals surface area contributed by atoms with Crippen LogP contribution in [0.4, 0.5) is 0 Å². The van der Waals surface area contributed by atoms with Gasteiger partial charge in [-0.05, 0) is 87.4 Å². The minimum atomic E-state index is -0.543. The lowest BCUT2D eigenvalue weighted by Crippen LogP contribution is -2.58. The number of hydrogen-bond donors (Lipinski definition) is 1. The van der Waals surface area contributed by atoms with Gasteiger partial charge in [0, 0.05) is 17.5 Å². The summed E-state index contributed by atoms with van der Waals surface area (Å²) in [5.74, 6) is 2.79. The molecule has 5 aliphatic rings. The SMILES string of the molecule is C[C@@]1(O)CC[C@]23CO[C@H](C[C@@H]4C2CC[C@]2(C)[C@@H](C(=O)Cn5cc(C#N)cn5)CC[C@@H]42)C3C1. The topological polar surface area (TPSA) is 88.1 Å². The Labute approximate surface area is 190 Å². The molecule has 2 heterocycles. The molecule has 1 saturated heterocycles. The minimum Gasteiger partial charge on any atom is -0.390 e. The van der Waals surface area contributed by atoms with Crippen LogP contribution in [0.1, 0.15) is 70.8 Å². The zero-order valence-electron chi connectivity index (χ0n) is 19.3. The molecule has 4 aliphatic carbocycles. The van der Waals surface area contributed by atoms with E-state index in [1.165, 1.54) is 12.6 Å². The fourth-order valence-electron chi connectivity index (χ4n) is 9.23. The van der Waals surface area contributed by atoms with Crippen LogP contribution in [-0.2, 0) is 16.1 Å². The van der Waals surface area contributed by atoms with Crippen LogP contribution in [0.5, 0.6) is 0 Å². The normalized spacial score (nSPS) is 49.1. The van der Waals surface area contributed by atoms with Crippen LogP contribution in [0.25, 0.3) is 0 Å². The van der Waals surface area contributed by atoms with Crippen molar-refractivity contribution in [3.8, 4) is 6.07 Å². The van der Waals surface area contributed by atoms with Gasteiger partial charge in [-0.2, -0.15) is 10.4 Å². The van der Waals surface area contributed by atoms with Crippen LogP contribution in [0.3, 0.4) is 0 Å². The number of ether oxygens (including phenoxy) is 1.